The Balaban J connectivity index is 1.88. The predicted octanol–water partition coefficient (Wildman–Crippen LogP) is -0.152. The summed E-state index contributed by atoms with van der Waals surface area (Å²) in [6, 6.07) is 0. The number of hydrogen-bond acceptors (Lipinski definition) is 5. The number of aromatic nitrogens is 2. The van der Waals surface area contributed by atoms with Crippen molar-refractivity contribution in [3.05, 3.63) is 34.2 Å². The molecule has 1 aliphatic heterocycles. The highest BCUT2D eigenvalue weighted by molar-refractivity contribution is 6.32. The molecule has 7 nitrogen and oxygen atoms in total. The van der Waals surface area contributed by atoms with Gasteiger partial charge in [0.1, 0.15) is 5.02 Å². The number of H-pyrrole nitrogens is 1. The minimum absolute atomic E-state index is 0.0146. The summed E-state index contributed by atoms with van der Waals surface area (Å²) in [4.78, 5) is 27.1. The van der Waals surface area contributed by atoms with E-state index in [0.29, 0.717) is 31.9 Å². The summed E-state index contributed by atoms with van der Waals surface area (Å²) >= 11 is 5.99. The number of halogens is 1. The van der Waals surface area contributed by atoms with Crippen LogP contribution in [0.2, 0.25) is 5.02 Å². The molecule has 0 unspecified atom stereocenters. The first-order valence-electron chi connectivity index (χ1n) is 6.70. The van der Waals surface area contributed by atoms with Gasteiger partial charge in [0.2, 0.25) is 5.91 Å². The number of aromatic amines is 1. The first kappa shape index (κ1) is 15.5. The van der Waals surface area contributed by atoms with Crippen molar-refractivity contribution in [1.29, 1.82) is 0 Å². The van der Waals surface area contributed by atoms with Gasteiger partial charge in [0.15, 0.2) is 0 Å². The molecule has 1 saturated heterocycles. The second kappa shape index (κ2) is 7.24. The van der Waals surface area contributed by atoms with Crippen molar-refractivity contribution in [1.82, 2.24) is 20.4 Å². The molecule has 0 aliphatic carbocycles. The zero-order chi connectivity index (χ0) is 15.2. The number of carbonyl (C=O) groups is 1. The van der Waals surface area contributed by atoms with Crippen LogP contribution < -0.4 is 15.8 Å². The number of nitrogens with zero attached hydrogens (tertiary/aromatic N) is 3. The fourth-order valence-electron chi connectivity index (χ4n) is 2.19. The zero-order valence-electron chi connectivity index (χ0n) is 11.6. The van der Waals surface area contributed by atoms with E-state index in [2.05, 4.69) is 27.0 Å². The van der Waals surface area contributed by atoms with Crippen LogP contribution in [-0.2, 0) is 4.79 Å². The average molecular weight is 312 g/mol. The summed E-state index contributed by atoms with van der Waals surface area (Å²) in [5, 5.41) is 8.97. The lowest BCUT2D eigenvalue weighted by molar-refractivity contribution is -0.122. The Bertz CT molecular complexity index is 566. The fourth-order valence-corrected chi connectivity index (χ4v) is 2.40. The lowest BCUT2D eigenvalue weighted by Gasteiger charge is -2.35. The molecule has 1 aromatic heterocycles. The van der Waals surface area contributed by atoms with Crippen LogP contribution in [0.1, 0.15) is 0 Å². The van der Waals surface area contributed by atoms with Gasteiger partial charge < -0.3 is 10.2 Å². The maximum atomic E-state index is 11.6. The molecule has 0 bridgehead atoms. The monoisotopic (exact) mass is 311 g/mol. The Labute approximate surface area is 127 Å². The van der Waals surface area contributed by atoms with Gasteiger partial charge in [-0.2, -0.15) is 5.10 Å². The van der Waals surface area contributed by atoms with E-state index in [9.17, 15) is 9.59 Å². The van der Waals surface area contributed by atoms with Gasteiger partial charge in [0, 0.05) is 32.7 Å². The third-order valence-corrected chi connectivity index (χ3v) is 3.67. The highest BCUT2D eigenvalue weighted by Gasteiger charge is 2.21. The quantitative estimate of drug-likeness (QED) is 0.739. The lowest BCUT2D eigenvalue weighted by atomic mass is 10.3. The van der Waals surface area contributed by atoms with Gasteiger partial charge in [-0.3, -0.25) is 14.5 Å². The molecule has 1 aliphatic rings. The van der Waals surface area contributed by atoms with Gasteiger partial charge in [-0.1, -0.05) is 17.7 Å². The van der Waals surface area contributed by atoms with Crippen LogP contribution in [0.4, 0.5) is 5.69 Å². The first-order valence-corrected chi connectivity index (χ1v) is 7.07. The zero-order valence-corrected chi connectivity index (χ0v) is 12.4. The van der Waals surface area contributed by atoms with Crippen molar-refractivity contribution in [3.63, 3.8) is 0 Å². The Hall–Kier alpha value is -1.86. The predicted molar refractivity (Wildman–Crippen MR) is 81.7 cm³/mol. The number of piperazine rings is 1. The summed E-state index contributed by atoms with van der Waals surface area (Å²) in [6.45, 7) is 7.24. The maximum absolute atomic E-state index is 11.6. The van der Waals surface area contributed by atoms with Gasteiger partial charge in [-0.25, -0.2) is 5.10 Å². The molecule has 0 radical (unpaired) electrons. The smallest absolute Gasteiger partial charge is 0.285 e. The van der Waals surface area contributed by atoms with Crippen molar-refractivity contribution in [2.75, 3.05) is 44.2 Å². The van der Waals surface area contributed by atoms with Crippen LogP contribution in [0.3, 0.4) is 0 Å². The van der Waals surface area contributed by atoms with Crippen molar-refractivity contribution in [2.24, 2.45) is 0 Å². The molecule has 21 heavy (non-hydrogen) atoms. The summed E-state index contributed by atoms with van der Waals surface area (Å²) in [6.07, 6.45) is 3.20. The molecule has 2 N–H and O–H groups in total. The second-order valence-corrected chi connectivity index (χ2v) is 5.13. The van der Waals surface area contributed by atoms with E-state index >= 15 is 0 Å². The molecule has 8 heteroatoms. The van der Waals surface area contributed by atoms with E-state index < -0.39 is 0 Å². The van der Waals surface area contributed by atoms with Crippen molar-refractivity contribution >= 4 is 23.2 Å². The highest BCUT2D eigenvalue weighted by Crippen LogP contribution is 2.21. The number of nitrogens with one attached hydrogen (secondary N) is 2. The minimum Gasteiger partial charge on any atom is -0.366 e. The van der Waals surface area contributed by atoms with Crippen LogP contribution in [0.25, 0.3) is 0 Å². The second-order valence-electron chi connectivity index (χ2n) is 4.75. The number of amides is 1. The van der Waals surface area contributed by atoms with Crippen molar-refractivity contribution < 1.29 is 4.79 Å². The Morgan fingerprint density at radius 2 is 2.19 bits per heavy atom. The van der Waals surface area contributed by atoms with Crippen molar-refractivity contribution in [2.45, 2.75) is 0 Å². The van der Waals surface area contributed by atoms with Crippen LogP contribution in [-0.4, -0.2) is 60.3 Å². The molecule has 0 saturated carbocycles. The van der Waals surface area contributed by atoms with E-state index in [-0.39, 0.29) is 16.5 Å². The Morgan fingerprint density at radius 1 is 1.48 bits per heavy atom. The van der Waals surface area contributed by atoms with Crippen LogP contribution >= 0.6 is 11.6 Å². The molecule has 0 spiro atoms. The number of hydrogen-bond donors (Lipinski definition) is 2. The highest BCUT2D eigenvalue weighted by atomic mass is 35.5. The summed E-state index contributed by atoms with van der Waals surface area (Å²) in [5.74, 6) is -0.0146. The summed E-state index contributed by atoms with van der Waals surface area (Å²) in [7, 11) is 0. The lowest BCUT2D eigenvalue weighted by Crippen LogP contribution is -2.49. The van der Waals surface area contributed by atoms with Crippen LogP contribution in [0, 0.1) is 0 Å². The molecule has 1 fully saturated rings. The maximum Gasteiger partial charge on any atom is 0.285 e. The molecular formula is C13H18ClN5O2. The Kier molecular flexibility index (Phi) is 5.35. The molecule has 0 atom stereocenters. The van der Waals surface area contributed by atoms with E-state index in [1.807, 2.05) is 4.90 Å². The molecular weight excluding hydrogens is 294 g/mol. The standard InChI is InChI=1S/C13H18ClN5O2/c1-2-3-15-11(20)9-18-4-6-19(7-5-18)10-8-16-17-13(21)12(10)14/h2,8H,1,3-7,9H2,(H,15,20)(H,17,21). The van der Waals surface area contributed by atoms with E-state index in [1.54, 1.807) is 12.3 Å². The molecule has 114 valence electrons. The summed E-state index contributed by atoms with van der Waals surface area (Å²) in [5.41, 5.74) is 0.247. The molecule has 0 aromatic carbocycles. The molecule has 2 heterocycles. The van der Waals surface area contributed by atoms with Gasteiger partial charge >= 0.3 is 0 Å². The third kappa shape index (κ3) is 4.05. The molecule has 1 amide bonds. The van der Waals surface area contributed by atoms with Gasteiger partial charge in [-0.15, -0.1) is 6.58 Å². The molecule has 2 rings (SSSR count). The SMILES string of the molecule is C=CCNC(=O)CN1CCN(c2cn[nH]c(=O)c2Cl)CC1. The average Bonchev–Trinajstić information content (AvgIpc) is 2.49. The third-order valence-electron chi connectivity index (χ3n) is 3.30. The largest absolute Gasteiger partial charge is 0.366 e. The Morgan fingerprint density at radius 3 is 2.86 bits per heavy atom. The summed E-state index contributed by atoms with van der Waals surface area (Å²) < 4.78 is 0. The number of anilines is 1. The van der Waals surface area contributed by atoms with Gasteiger partial charge in [0.05, 0.1) is 18.4 Å². The van der Waals surface area contributed by atoms with Gasteiger partial charge in [0.25, 0.3) is 5.56 Å². The first-order chi connectivity index (χ1) is 10.1. The fraction of sp³-hybridized carbons (Fsp3) is 0.462. The van der Waals surface area contributed by atoms with Crippen LogP contribution in [0.5, 0.6) is 0 Å². The topological polar surface area (TPSA) is 81.3 Å². The number of carbonyl (C=O) groups excluding carboxylic acids is 1. The van der Waals surface area contributed by atoms with E-state index in [0.717, 1.165) is 13.1 Å². The van der Waals surface area contributed by atoms with Crippen LogP contribution in [0.15, 0.2) is 23.6 Å². The van der Waals surface area contributed by atoms with Gasteiger partial charge in [-0.05, 0) is 0 Å². The minimum atomic E-state index is -0.389. The van der Waals surface area contributed by atoms with E-state index in [4.69, 9.17) is 11.6 Å². The molecule has 1 aromatic rings. The normalized spacial score (nSPS) is 15.8. The number of rotatable bonds is 5. The van der Waals surface area contributed by atoms with Crippen molar-refractivity contribution in [3.8, 4) is 0 Å². The van der Waals surface area contributed by atoms with E-state index in [1.165, 1.54) is 0 Å².